The average Bonchev–Trinajstić information content (AvgIpc) is 2.36. The largest absolute Gasteiger partial charge is 0.507 e. The Balaban J connectivity index is 2.60. The van der Waals surface area contributed by atoms with E-state index in [-0.39, 0.29) is 11.7 Å². The van der Waals surface area contributed by atoms with Gasteiger partial charge in [0, 0.05) is 23.4 Å². The average molecular weight is 379 g/mol. The number of aromatic hydroxyl groups is 1. The van der Waals surface area contributed by atoms with Crippen molar-refractivity contribution in [3.8, 4) is 5.75 Å². The zero-order chi connectivity index (χ0) is 13.5. The third-order valence-corrected chi connectivity index (χ3v) is 3.72. The van der Waals surface area contributed by atoms with Crippen molar-refractivity contribution < 1.29 is 9.90 Å². The van der Waals surface area contributed by atoms with Gasteiger partial charge in [-0.2, -0.15) is 0 Å². The van der Waals surface area contributed by atoms with E-state index in [2.05, 4.69) is 31.9 Å². The number of phenols is 1. The van der Waals surface area contributed by atoms with Gasteiger partial charge >= 0.3 is 0 Å². The molecule has 5 heteroatoms. The Kier molecular flexibility index (Phi) is 6.71. The second-order valence-corrected chi connectivity index (χ2v) is 5.85. The van der Waals surface area contributed by atoms with Crippen LogP contribution in [0.5, 0.6) is 5.75 Å². The summed E-state index contributed by atoms with van der Waals surface area (Å²) in [6.45, 7) is 0.706. The molecule has 0 aliphatic carbocycles. The number of alkyl halides is 1. The van der Waals surface area contributed by atoms with Gasteiger partial charge in [0.05, 0.1) is 5.56 Å². The first-order valence-corrected chi connectivity index (χ1v) is 7.77. The van der Waals surface area contributed by atoms with Gasteiger partial charge in [0.2, 0.25) is 0 Å². The third kappa shape index (κ3) is 4.61. The van der Waals surface area contributed by atoms with Crippen molar-refractivity contribution in [2.24, 2.45) is 0 Å². The van der Waals surface area contributed by atoms with E-state index in [1.54, 1.807) is 24.1 Å². The van der Waals surface area contributed by atoms with E-state index in [4.69, 9.17) is 0 Å². The summed E-state index contributed by atoms with van der Waals surface area (Å²) in [5.74, 6) is -0.122. The summed E-state index contributed by atoms with van der Waals surface area (Å²) < 4.78 is 0.788. The quantitative estimate of drug-likeness (QED) is 0.604. The van der Waals surface area contributed by atoms with Crippen LogP contribution in [-0.4, -0.2) is 34.8 Å². The Hall–Kier alpha value is -0.550. The van der Waals surface area contributed by atoms with Crippen LogP contribution < -0.4 is 0 Å². The van der Waals surface area contributed by atoms with E-state index >= 15 is 0 Å². The minimum atomic E-state index is -0.146. The van der Waals surface area contributed by atoms with E-state index in [1.165, 1.54) is 6.07 Å². The van der Waals surface area contributed by atoms with Gasteiger partial charge in [0.1, 0.15) is 5.75 Å². The maximum atomic E-state index is 12.1. The van der Waals surface area contributed by atoms with Crippen molar-refractivity contribution in [1.82, 2.24) is 4.90 Å². The lowest BCUT2D eigenvalue weighted by Gasteiger charge is -2.17. The summed E-state index contributed by atoms with van der Waals surface area (Å²) in [6, 6.07) is 4.88. The Morgan fingerprint density at radius 1 is 1.33 bits per heavy atom. The van der Waals surface area contributed by atoms with Crippen LogP contribution >= 0.6 is 31.9 Å². The van der Waals surface area contributed by atoms with Crippen LogP contribution in [-0.2, 0) is 0 Å². The summed E-state index contributed by atoms with van der Waals surface area (Å²) in [7, 11) is 1.76. The lowest BCUT2D eigenvalue weighted by Crippen LogP contribution is -2.27. The fourth-order valence-corrected chi connectivity index (χ4v) is 2.36. The number of carbonyl (C=O) groups excluding carboxylic acids is 1. The van der Waals surface area contributed by atoms with Crippen LogP contribution in [0.25, 0.3) is 0 Å². The van der Waals surface area contributed by atoms with Crippen molar-refractivity contribution >= 4 is 37.8 Å². The summed E-state index contributed by atoms with van der Waals surface area (Å²) in [5, 5.41) is 10.7. The van der Waals surface area contributed by atoms with Crippen molar-refractivity contribution in [3.63, 3.8) is 0 Å². The summed E-state index contributed by atoms with van der Waals surface area (Å²) in [6.07, 6.45) is 3.18. The molecule has 3 nitrogen and oxygen atoms in total. The zero-order valence-electron chi connectivity index (χ0n) is 10.3. The van der Waals surface area contributed by atoms with Crippen LogP contribution in [0.4, 0.5) is 0 Å². The molecule has 0 saturated carbocycles. The number of hydrogen-bond donors (Lipinski definition) is 1. The summed E-state index contributed by atoms with van der Waals surface area (Å²) in [5.41, 5.74) is 0.340. The van der Waals surface area contributed by atoms with E-state index in [9.17, 15) is 9.90 Å². The fraction of sp³-hybridized carbons (Fsp3) is 0.462. The second kappa shape index (κ2) is 7.79. The maximum absolute atomic E-state index is 12.1. The molecule has 1 N–H and O–H groups in total. The molecule has 0 radical (unpaired) electrons. The number of carbonyl (C=O) groups is 1. The Bertz CT molecular complexity index is 410. The molecular formula is C13H17Br2NO2. The number of benzene rings is 1. The predicted octanol–water partition coefficient (Wildman–Crippen LogP) is 3.79. The number of phenolic OH excluding ortho intramolecular Hbond substituents is 1. The van der Waals surface area contributed by atoms with Crippen LogP contribution in [0, 0.1) is 0 Å². The molecule has 0 aliphatic rings. The molecule has 0 aliphatic heterocycles. The van der Waals surface area contributed by atoms with E-state index in [0.717, 1.165) is 29.1 Å². The normalized spacial score (nSPS) is 10.4. The SMILES string of the molecule is CN(CCCCCBr)C(=O)c1cc(Br)ccc1O. The van der Waals surface area contributed by atoms with E-state index in [1.807, 2.05) is 0 Å². The molecule has 0 atom stereocenters. The first-order chi connectivity index (χ1) is 8.56. The van der Waals surface area contributed by atoms with Gasteiger partial charge in [-0.15, -0.1) is 0 Å². The second-order valence-electron chi connectivity index (χ2n) is 4.14. The molecule has 0 aromatic heterocycles. The minimum absolute atomic E-state index is 0.0236. The number of unbranched alkanes of at least 4 members (excludes halogenated alkanes) is 2. The van der Waals surface area contributed by atoms with Gasteiger partial charge in [0.25, 0.3) is 5.91 Å². The first kappa shape index (κ1) is 15.5. The Labute approximate surface area is 124 Å². The molecule has 0 heterocycles. The van der Waals surface area contributed by atoms with Crippen molar-refractivity contribution in [3.05, 3.63) is 28.2 Å². The summed E-state index contributed by atoms with van der Waals surface area (Å²) in [4.78, 5) is 13.8. The molecule has 0 fully saturated rings. The number of amides is 1. The maximum Gasteiger partial charge on any atom is 0.257 e. The van der Waals surface area contributed by atoms with Crippen LogP contribution in [0.1, 0.15) is 29.6 Å². The Morgan fingerprint density at radius 2 is 2.06 bits per heavy atom. The molecule has 1 aromatic rings. The molecule has 18 heavy (non-hydrogen) atoms. The van der Waals surface area contributed by atoms with Crippen LogP contribution in [0.3, 0.4) is 0 Å². The molecule has 0 unspecified atom stereocenters. The van der Waals surface area contributed by atoms with Crippen LogP contribution in [0.2, 0.25) is 0 Å². The number of rotatable bonds is 6. The number of nitrogens with zero attached hydrogens (tertiary/aromatic N) is 1. The van der Waals surface area contributed by atoms with E-state index in [0.29, 0.717) is 12.1 Å². The molecule has 0 spiro atoms. The third-order valence-electron chi connectivity index (χ3n) is 2.66. The molecule has 1 amide bonds. The highest BCUT2D eigenvalue weighted by molar-refractivity contribution is 9.10. The monoisotopic (exact) mass is 377 g/mol. The minimum Gasteiger partial charge on any atom is -0.507 e. The van der Waals surface area contributed by atoms with Gasteiger partial charge in [0.15, 0.2) is 0 Å². The number of halogens is 2. The van der Waals surface area contributed by atoms with Gasteiger partial charge in [-0.05, 0) is 31.0 Å². The molecule has 100 valence electrons. The molecular weight excluding hydrogens is 362 g/mol. The zero-order valence-corrected chi connectivity index (χ0v) is 13.5. The predicted molar refractivity (Wildman–Crippen MR) is 80.4 cm³/mol. The van der Waals surface area contributed by atoms with Crippen molar-refractivity contribution in [2.75, 3.05) is 18.9 Å². The molecule has 1 aromatic carbocycles. The van der Waals surface area contributed by atoms with Crippen molar-refractivity contribution in [1.29, 1.82) is 0 Å². The topological polar surface area (TPSA) is 40.5 Å². The smallest absolute Gasteiger partial charge is 0.257 e. The highest BCUT2D eigenvalue weighted by Gasteiger charge is 2.15. The lowest BCUT2D eigenvalue weighted by atomic mass is 10.1. The summed E-state index contributed by atoms with van der Waals surface area (Å²) >= 11 is 6.68. The van der Waals surface area contributed by atoms with Crippen LogP contribution in [0.15, 0.2) is 22.7 Å². The van der Waals surface area contributed by atoms with E-state index < -0.39 is 0 Å². The van der Waals surface area contributed by atoms with Crippen molar-refractivity contribution in [2.45, 2.75) is 19.3 Å². The fourth-order valence-electron chi connectivity index (χ4n) is 1.61. The lowest BCUT2D eigenvalue weighted by molar-refractivity contribution is 0.0789. The molecule has 0 bridgehead atoms. The molecule has 1 rings (SSSR count). The number of hydrogen-bond acceptors (Lipinski definition) is 2. The first-order valence-electron chi connectivity index (χ1n) is 5.86. The molecule has 0 saturated heterocycles. The van der Waals surface area contributed by atoms with Gasteiger partial charge in [-0.25, -0.2) is 0 Å². The highest BCUT2D eigenvalue weighted by Crippen LogP contribution is 2.23. The Morgan fingerprint density at radius 3 is 2.72 bits per heavy atom. The standard InChI is InChI=1S/C13H17Br2NO2/c1-16(8-4-2-3-7-14)13(18)11-9-10(15)5-6-12(11)17/h5-6,9,17H,2-4,7-8H2,1H3. The van der Waals surface area contributed by atoms with Gasteiger partial charge in [-0.3, -0.25) is 4.79 Å². The highest BCUT2D eigenvalue weighted by atomic mass is 79.9. The van der Waals surface area contributed by atoms with Gasteiger partial charge in [-0.1, -0.05) is 38.3 Å². The van der Waals surface area contributed by atoms with Gasteiger partial charge < -0.3 is 10.0 Å².